The Hall–Kier alpha value is -0.940. The third kappa shape index (κ3) is 2.72. The van der Waals surface area contributed by atoms with Crippen LogP contribution in [0, 0.1) is 11.7 Å². The Balaban J connectivity index is 2.22. The molecule has 5 heteroatoms. The predicted molar refractivity (Wildman–Crippen MR) is 68.2 cm³/mol. The normalized spacial score (nSPS) is 22.0. The van der Waals surface area contributed by atoms with Gasteiger partial charge in [-0.15, -0.1) is 0 Å². The number of hydrogen-bond donors (Lipinski definition) is 0. The lowest BCUT2D eigenvalue weighted by Crippen LogP contribution is -2.39. The molecule has 1 aliphatic rings. The van der Waals surface area contributed by atoms with Crippen molar-refractivity contribution in [2.45, 2.75) is 31.1 Å². The second-order valence-electron chi connectivity index (χ2n) is 4.73. The van der Waals surface area contributed by atoms with Crippen LogP contribution in [0.4, 0.5) is 4.39 Å². The first-order chi connectivity index (χ1) is 8.54. The summed E-state index contributed by atoms with van der Waals surface area (Å²) in [5.74, 6) is 0.0213. The smallest absolute Gasteiger partial charge is 0.207 e. The topological polar surface area (TPSA) is 37.4 Å². The van der Waals surface area contributed by atoms with E-state index in [4.69, 9.17) is 0 Å². The van der Waals surface area contributed by atoms with Crippen LogP contribution >= 0.6 is 0 Å². The van der Waals surface area contributed by atoms with Gasteiger partial charge in [-0.05, 0) is 43.0 Å². The number of rotatable bonds is 3. The lowest BCUT2D eigenvalue weighted by Gasteiger charge is -2.31. The summed E-state index contributed by atoms with van der Waals surface area (Å²) >= 11 is 0. The Labute approximate surface area is 108 Å². The van der Waals surface area contributed by atoms with Gasteiger partial charge in [0.25, 0.3) is 0 Å². The monoisotopic (exact) mass is 271 g/mol. The third-order valence-corrected chi connectivity index (χ3v) is 5.39. The summed E-state index contributed by atoms with van der Waals surface area (Å²) in [6.07, 6.45) is 2.99. The van der Waals surface area contributed by atoms with Gasteiger partial charge < -0.3 is 0 Å². The van der Waals surface area contributed by atoms with Crippen molar-refractivity contribution < 1.29 is 12.8 Å². The van der Waals surface area contributed by atoms with Gasteiger partial charge in [0.1, 0.15) is 5.82 Å². The summed E-state index contributed by atoms with van der Waals surface area (Å²) in [6.45, 7) is 3.23. The molecular weight excluding hydrogens is 253 g/mol. The molecule has 100 valence electrons. The third-order valence-electron chi connectivity index (χ3n) is 3.51. The molecule has 0 aromatic heterocycles. The van der Waals surface area contributed by atoms with Gasteiger partial charge in [0.2, 0.25) is 10.0 Å². The number of sulfonamides is 1. The minimum Gasteiger partial charge on any atom is -0.207 e. The first-order valence-corrected chi connectivity index (χ1v) is 7.73. The molecule has 0 amide bonds. The van der Waals surface area contributed by atoms with Gasteiger partial charge >= 0.3 is 0 Å². The summed E-state index contributed by atoms with van der Waals surface area (Å²) in [5, 5.41) is 0. The van der Waals surface area contributed by atoms with E-state index < -0.39 is 15.8 Å². The van der Waals surface area contributed by atoms with E-state index in [1.54, 1.807) is 0 Å². The quantitative estimate of drug-likeness (QED) is 0.847. The van der Waals surface area contributed by atoms with Crippen LogP contribution in [0.15, 0.2) is 29.2 Å². The van der Waals surface area contributed by atoms with E-state index in [2.05, 4.69) is 6.92 Å². The fourth-order valence-corrected chi connectivity index (χ4v) is 3.89. The van der Waals surface area contributed by atoms with Crippen molar-refractivity contribution in [1.29, 1.82) is 0 Å². The van der Waals surface area contributed by atoms with Gasteiger partial charge in [-0.3, -0.25) is 0 Å². The van der Waals surface area contributed by atoms with E-state index in [1.807, 2.05) is 0 Å². The van der Waals surface area contributed by atoms with Crippen molar-refractivity contribution in [3.63, 3.8) is 0 Å². The summed E-state index contributed by atoms with van der Waals surface area (Å²) < 4.78 is 39.1. The number of halogens is 1. The van der Waals surface area contributed by atoms with Gasteiger partial charge in [0.15, 0.2) is 0 Å². The van der Waals surface area contributed by atoms with Crippen LogP contribution in [0.25, 0.3) is 0 Å². The molecule has 1 saturated heterocycles. The van der Waals surface area contributed by atoms with Crippen molar-refractivity contribution in [2.24, 2.45) is 5.92 Å². The molecule has 2 rings (SSSR count). The number of benzene rings is 1. The highest BCUT2D eigenvalue weighted by Gasteiger charge is 2.29. The lowest BCUT2D eigenvalue weighted by atomic mass is 9.97. The fraction of sp³-hybridized carbons (Fsp3) is 0.538. The minimum absolute atomic E-state index is 0.181. The van der Waals surface area contributed by atoms with Crippen LogP contribution in [0.2, 0.25) is 0 Å². The molecular formula is C13H18FNO2S. The zero-order valence-corrected chi connectivity index (χ0v) is 11.3. The maximum Gasteiger partial charge on any atom is 0.243 e. The van der Waals surface area contributed by atoms with Crippen LogP contribution < -0.4 is 0 Å². The maximum atomic E-state index is 12.8. The Morgan fingerprint density at radius 1 is 1.33 bits per heavy atom. The van der Waals surface area contributed by atoms with E-state index in [-0.39, 0.29) is 4.90 Å². The van der Waals surface area contributed by atoms with Crippen molar-refractivity contribution >= 4 is 10.0 Å². The molecule has 1 aromatic rings. The molecule has 18 heavy (non-hydrogen) atoms. The largest absolute Gasteiger partial charge is 0.243 e. The standard InChI is InChI=1S/C13H18FNO2S/c1-2-11-4-3-9-15(10-11)18(16,17)13-7-5-12(14)6-8-13/h5-8,11H,2-4,9-10H2,1H3. The summed E-state index contributed by atoms with van der Waals surface area (Å²) in [7, 11) is -3.46. The number of nitrogens with zero attached hydrogens (tertiary/aromatic N) is 1. The van der Waals surface area contributed by atoms with E-state index in [9.17, 15) is 12.8 Å². The average molecular weight is 271 g/mol. The van der Waals surface area contributed by atoms with Crippen LogP contribution in [0.5, 0.6) is 0 Å². The van der Waals surface area contributed by atoms with E-state index >= 15 is 0 Å². The Kier molecular flexibility index (Phi) is 4.02. The van der Waals surface area contributed by atoms with Gasteiger partial charge in [-0.2, -0.15) is 4.31 Å². The van der Waals surface area contributed by atoms with Gasteiger partial charge in [-0.25, -0.2) is 12.8 Å². The molecule has 0 bridgehead atoms. The zero-order valence-electron chi connectivity index (χ0n) is 10.5. The number of hydrogen-bond acceptors (Lipinski definition) is 2. The van der Waals surface area contributed by atoms with E-state index in [1.165, 1.54) is 28.6 Å². The average Bonchev–Trinajstić information content (AvgIpc) is 2.39. The van der Waals surface area contributed by atoms with Crippen LogP contribution in [0.1, 0.15) is 26.2 Å². The van der Waals surface area contributed by atoms with Gasteiger partial charge in [-0.1, -0.05) is 13.3 Å². The molecule has 1 atom stereocenters. The van der Waals surface area contributed by atoms with Crippen molar-refractivity contribution in [1.82, 2.24) is 4.31 Å². The maximum absolute atomic E-state index is 12.8. The van der Waals surface area contributed by atoms with Crippen LogP contribution in [-0.2, 0) is 10.0 Å². The highest BCUT2D eigenvalue weighted by molar-refractivity contribution is 7.89. The lowest BCUT2D eigenvalue weighted by molar-refractivity contribution is 0.261. The molecule has 1 aromatic carbocycles. The van der Waals surface area contributed by atoms with Crippen LogP contribution in [-0.4, -0.2) is 25.8 Å². The van der Waals surface area contributed by atoms with Crippen molar-refractivity contribution in [2.75, 3.05) is 13.1 Å². The minimum atomic E-state index is -3.46. The van der Waals surface area contributed by atoms with Crippen LogP contribution in [0.3, 0.4) is 0 Å². The second kappa shape index (κ2) is 5.36. The SMILES string of the molecule is CCC1CCCN(S(=O)(=O)c2ccc(F)cc2)C1. The first kappa shape index (κ1) is 13.5. The van der Waals surface area contributed by atoms with Gasteiger partial charge in [0.05, 0.1) is 4.90 Å². The summed E-state index contributed by atoms with van der Waals surface area (Å²) in [4.78, 5) is 0.181. The zero-order chi connectivity index (χ0) is 13.2. The number of piperidine rings is 1. The highest BCUT2D eigenvalue weighted by atomic mass is 32.2. The summed E-state index contributed by atoms with van der Waals surface area (Å²) in [5.41, 5.74) is 0. The van der Waals surface area contributed by atoms with E-state index in [0.29, 0.717) is 19.0 Å². The molecule has 0 radical (unpaired) electrons. The molecule has 1 heterocycles. The molecule has 1 fully saturated rings. The predicted octanol–water partition coefficient (Wildman–Crippen LogP) is 2.64. The Morgan fingerprint density at radius 3 is 2.61 bits per heavy atom. The van der Waals surface area contributed by atoms with Gasteiger partial charge in [0, 0.05) is 13.1 Å². The van der Waals surface area contributed by atoms with Crippen molar-refractivity contribution in [3.05, 3.63) is 30.1 Å². The molecule has 0 spiro atoms. The molecule has 0 saturated carbocycles. The Morgan fingerprint density at radius 2 is 2.00 bits per heavy atom. The molecule has 1 aliphatic heterocycles. The van der Waals surface area contributed by atoms with Crippen molar-refractivity contribution in [3.8, 4) is 0 Å². The molecule has 1 unspecified atom stereocenters. The molecule has 0 aliphatic carbocycles. The fourth-order valence-electron chi connectivity index (χ4n) is 2.33. The highest BCUT2D eigenvalue weighted by Crippen LogP contribution is 2.25. The molecule has 3 nitrogen and oxygen atoms in total. The molecule has 0 N–H and O–H groups in total. The van der Waals surface area contributed by atoms with E-state index in [0.717, 1.165) is 19.3 Å². The Bertz CT molecular complexity index is 498. The second-order valence-corrected chi connectivity index (χ2v) is 6.67. The first-order valence-electron chi connectivity index (χ1n) is 6.29. The summed E-state index contributed by atoms with van der Waals surface area (Å²) in [6, 6.07) is 5.04.